The first kappa shape index (κ1) is 17.1. The second-order valence-electron chi connectivity index (χ2n) is 6.01. The Morgan fingerprint density at radius 2 is 2.10 bits per heavy atom. The topological polar surface area (TPSA) is 52.6 Å². The maximum absolute atomic E-state index is 12.0. The second kappa shape index (κ2) is 7.70. The lowest BCUT2D eigenvalue weighted by Crippen LogP contribution is -2.46. The van der Waals surface area contributed by atoms with Crippen molar-refractivity contribution in [2.24, 2.45) is 0 Å². The van der Waals surface area contributed by atoms with Gasteiger partial charge in [-0.15, -0.1) is 0 Å². The van der Waals surface area contributed by atoms with Crippen molar-refractivity contribution in [2.45, 2.75) is 39.3 Å². The summed E-state index contributed by atoms with van der Waals surface area (Å²) in [7, 11) is 1.77. The molecule has 0 radical (unpaired) electrons. The molecule has 0 heterocycles. The van der Waals surface area contributed by atoms with Crippen molar-refractivity contribution in [3.05, 3.63) is 35.4 Å². The van der Waals surface area contributed by atoms with Crippen LogP contribution in [0.2, 0.25) is 0 Å². The molecule has 0 bridgehead atoms. The molecule has 0 aliphatic rings. The molecule has 1 rings (SSSR count). The molecule has 0 aromatic heterocycles. The van der Waals surface area contributed by atoms with Gasteiger partial charge in [0, 0.05) is 31.1 Å². The summed E-state index contributed by atoms with van der Waals surface area (Å²) in [5.41, 5.74) is 1.67. The van der Waals surface area contributed by atoms with Gasteiger partial charge in [-0.3, -0.25) is 0 Å². The van der Waals surface area contributed by atoms with Crippen LogP contribution < -0.4 is 5.32 Å². The molecule has 1 aromatic rings. The van der Waals surface area contributed by atoms with Gasteiger partial charge in [0.05, 0.1) is 6.61 Å². The van der Waals surface area contributed by atoms with E-state index in [0.29, 0.717) is 13.0 Å². The van der Waals surface area contributed by atoms with Crippen LogP contribution in [-0.2, 0) is 6.54 Å². The molecule has 0 spiro atoms. The first-order chi connectivity index (χ1) is 9.81. The van der Waals surface area contributed by atoms with Crippen LogP contribution >= 0.6 is 0 Å². The third kappa shape index (κ3) is 6.82. The maximum Gasteiger partial charge on any atom is 0.317 e. The summed E-state index contributed by atoms with van der Waals surface area (Å²) < 4.78 is 0. The van der Waals surface area contributed by atoms with Crippen LogP contribution in [0.5, 0.6) is 0 Å². The Morgan fingerprint density at radius 1 is 1.38 bits per heavy atom. The molecule has 0 aliphatic heterocycles. The number of aliphatic hydroxyl groups excluding tert-OH is 1. The molecule has 21 heavy (non-hydrogen) atoms. The zero-order chi connectivity index (χ0) is 15.9. The minimum atomic E-state index is -0.247. The molecule has 4 heteroatoms. The lowest BCUT2D eigenvalue weighted by molar-refractivity contribution is 0.197. The Bertz CT molecular complexity index is 536. The summed E-state index contributed by atoms with van der Waals surface area (Å²) >= 11 is 0. The molecule has 2 amide bonds. The van der Waals surface area contributed by atoms with Crippen LogP contribution in [0.4, 0.5) is 4.79 Å². The van der Waals surface area contributed by atoms with Crippen molar-refractivity contribution in [3.8, 4) is 11.8 Å². The van der Waals surface area contributed by atoms with Crippen molar-refractivity contribution >= 4 is 6.03 Å². The third-order valence-electron chi connectivity index (χ3n) is 2.64. The van der Waals surface area contributed by atoms with Gasteiger partial charge in [-0.2, -0.15) is 0 Å². The van der Waals surface area contributed by atoms with Gasteiger partial charge in [0.1, 0.15) is 0 Å². The van der Waals surface area contributed by atoms with E-state index in [9.17, 15) is 4.79 Å². The summed E-state index contributed by atoms with van der Waals surface area (Å²) in [6.45, 7) is 6.46. The maximum atomic E-state index is 12.0. The van der Waals surface area contributed by atoms with Gasteiger partial charge in [-0.05, 0) is 38.5 Å². The lowest BCUT2D eigenvalue weighted by Gasteiger charge is -2.25. The van der Waals surface area contributed by atoms with Crippen molar-refractivity contribution < 1.29 is 9.90 Å². The highest BCUT2D eigenvalue weighted by Crippen LogP contribution is 2.08. The summed E-state index contributed by atoms with van der Waals surface area (Å²) in [4.78, 5) is 13.7. The van der Waals surface area contributed by atoms with Gasteiger partial charge in [0.25, 0.3) is 0 Å². The lowest BCUT2D eigenvalue weighted by atomic mass is 10.1. The van der Waals surface area contributed by atoms with Gasteiger partial charge in [0.2, 0.25) is 0 Å². The van der Waals surface area contributed by atoms with Crippen LogP contribution in [0.15, 0.2) is 24.3 Å². The highest BCUT2D eigenvalue weighted by atomic mass is 16.2. The van der Waals surface area contributed by atoms with E-state index in [4.69, 9.17) is 5.11 Å². The number of aliphatic hydroxyl groups is 1. The van der Waals surface area contributed by atoms with Crippen LogP contribution in [0.3, 0.4) is 0 Å². The number of benzene rings is 1. The molecule has 4 nitrogen and oxygen atoms in total. The van der Waals surface area contributed by atoms with E-state index in [1.54, 1.807) is 11.9 Å². The first-order valence-electron chi connectivity index (χ1n) is 7.04. The summed E-state index contributed by atoms with van der Waals surface area (Å²) in [6, 6.07) is 7.68. The Kier molecular flexibility index (Phi) is 6.26. The summed E-state index contributed by atoms with van der Waals surface area (Å²) in [5.74, 6) is 5.89. The third-order valence-corrected chi connectivity index (χ3v) is 2.64. The number of nitrogens with zero attached hydrogens (tertiary/aromatic N) is 1. The smallest absolute Gasteiger partial charge is 0.317 e. The second-order valence-corrected chi connectivity index (χ2v) is 6.01. The van der Waals surface area contributed by atoms with E-state index in [2.05, 4.69) is 17.2 Å². The fourth-order valence-corrected chi connectivity index (χ4v) is 1.73. The molecule has 0 saturated heterocycles. The van der Waals surface area contributed by atoms with Crippen LogP contribution in [0.1, 0.15) is 38.3 Å². The highest BCUT2D eigenvalue weighted by molar-refractivity contribution is 5.74. The van der Waals surface area contributed by atoms with E-state index < -0.39 is 0 Å². The average Bonchev–Trinajstić information content (AvgIpc) is 2.37. The fourth-order valence-electron chi connectivity index (χ4n) is 1.73. The molecule has 2 N–H and O–H groups in total. The largest absolute Gasteiger partial charge is 0.395 e. The zero-order valence-electron chi connectivity index (χ0n) is 13.2. The Morgan fingerprint density at radius 3 is 2.71 bits per heavy atom. The van der Waals surface area contributed by atoms with Gasteiger partial charge in [-0.1, -0.05) is 24.0 Å². The molecule has 1 aromatic carbocycles. The Hall–Kier alpha value is -1.99. The molecule has 114 valence electrons. The van der Waals surface area contributed by atoms with E-state index in [1.165, 1.54) is 0 Å². The molecule has 0 saturated carbocycles. The molecule has 0 fully saturated rings. The van der Waals surface area contributed by atoms with E-state index in [-0.39, 0.29) is 18.2 Å². The number of hydrogen-bond acceptors (Lipinski definition) is 2. The van der Waals surface area contributed by atoms with Crippen molar-refractivity contribution in [2.75, 3.05) is 13.7 Å². The summed E-state index contributed by atoms with van der Waals surface area (Å²) in [6.07, 6.45) is 0.470. The van der Waals surface area contributed by atoms with Crippen LogP contribution in [0.25, 0.3) is 0 Å². The quantitative estimate of drug-likeness (QED) is 0.839. The van der Waals surface area contributed by atoms with Crippen molar-refractivity contribution in [1.82, 2.24) is 10.2 Å². The molecular formula is C17H24N2O2. The number of urea groups is 1. The predicted molar refractivity (Wildman–Crippen MR) is 84.8 cm³/mol. The number of carbonyl (C=O) groups is 1. The fraction of sp³-hybridized carbons (Fsp3) is 0.471. The van der Waals surface area contributed by atoms with Crippen LogP contribution in [0, 0.1) is 11.8 Å². The van der Waals surface area contributed by atoms with Crippen molar-refractivity contribution in [3.63, 3.8) is 0 Å². The number of hydrogen-bond donors (Lipinski definition) is 2. The standard InChI is InChI=1S/C17H24N2O2/c1-17(2,3)18-16(21)19(4)13-15-10-7-9-14(12-15)8-5-6-11-20/h7,9-10,12,20H,6,11,13H2,1-4H3,(H,18,21). The summed E-state index contributed by atoms with van der Waals surface area (Å²) in [5, 5.41) is 11.6. The average molecular weight is 288 g/mol. The van der Waals surface area contributed by atoms with Gasteiger partial charge in [-0.25, -0.2) is 4.79 Å². The predicted octanol–water partition coefficient (Wildman–Crippen LogP) is 2.36. The van der Waals surface area contributed by atoms with Gasteiger partial charge < -0.3 is 15.3 Å². The monoisotopic (exact) mass is 288 g/mol. The van der Waals surface area contributed by atoms with E-state index in [0.717, 1.165) is 11.1 Å². The molecule has 0 atom stereocenters. The van der Waals surface area contributed by atoms with E-state index >= 15 is 0 Å². The highest BCUT2D eigenvalue weighted by Gasteiger charge is 2.16. The molecule has 0 aliphatic carbocycles. The number of rotatable bonds is 3. The normalized spacial score (nSPS) is 10.5. The van der Waals surface area contributed by atoms with E-state index in [1.807, 2.05) is 45.0 Å². The first-order valence-corrected chi connectivity index (χ1v) is 7.04. The number of amides is 2. The minimum absolute atomic E-state index is 0.0718. The minimum Gasteiger partial charge on any atom is -0.395 e. The van der Waals surface area contributed by atoms with Gasteiger partial charge >= 0.3 is 6.03 Å². The number of carbonyl (C=O) groups excluding carboxylic acids is 1. The van der Waals surface area contributed by atoms with Gasteiger partial charge in [0.15, 0.2) is 0 Å². The molecular weight excluding hydrogens is 264 g/mol. The SMILES string of the molecule is CN(Cc1cccc(C#CCCO)c1)C(=O)NC(C)(C)C. The number of nitrogens with one attached hydrogen (secondary N) is 1. The Balaban J connectivity index is 2.69. The van der Waals surface area contributed by atoms with Crippen molar-refractivity contribution in [1.29, 1.82) is 0 Å². The molecule has 0 unspecified atom stereocenters. The Labute approximate surface area is 127 Å². The van der Waals surface area contributed by atoms with Crippen LogP contribution in [-0.4, -0.2) is 35.2 Å². The zero-order valence-corrected chi connectivity index (χ0v) is 13.2.